The summed E-state index contributed by atoms with van der Waals surface area (Å²) in [5.74, 6) is 0. The normalized spacial score (nSPS) is 13.8. The molecule has 0 aliphatic carbocycles. The van der Waals surface area contributed by atoms with Gasteiger partial charge in [0.2, 0.25) is 0 Å². The van der Waals surface area contributed by atoms with E-state index in [1.165, 1.54) is 5.57 Å². The van der Waals surface area contributed by atoms with Crippen LogP contribution < -0.4 is 0 Å². The number of hydrogen-bond acceptors (Lipinski definition) is 3. The van der Waals surface area contributed by atoms with Gasteiger partial charge < -0.3 is 9.79 Å². The first kappa shape index (κ1) is 15.5. The molecule has 5 nitrogen and oxygen atoms in total. The van der Waals surface area contributed by atoms with Gasteiger partial charge in [-0.25, -0.2) is 4.31 Å². The lowest BCUT2D eigenvalue weighted by Gasteiger charge is -1.89. The summed E-state index contributed by atoms with van der Waals surface area (Å²) in [6.45, 7) is 8.05. The number of rotatable bonds is 4. The first-order valence-corrected chi connectivity index (χ1v) is 6.27. The van der Waals surface area contributed by atoms with E-state index in [-0.39, 0.29) is 0 Å². The van der Waals surface area contributed by atoms with E-state index in [4.69, 9.17) is 9.79 Å². The molecule has 0 aliphatic rings. The Hall–Kier alpha value is 0.0800. The third kappa shape index (κ3) is 18.8. The van der Waals surface area contributed by atoms with E-state index < -0.39 is 16.5 Å². The second-order valence-corrected chi connectivity index (χ2v) is 3.97. The van der Waals surface area contributed by atoms with Gasteiger partial charge in [-0.2, -0.15) is 0 Å². The van der Waals surface area contributed by atoms with Crippen LogP contribution in [-0.2, 0) is 13.4 Å². The van der Waals surface area contributed by atoms with Gasteiger partial charge in [-0.05, 0) is 12.8 Å². The second kappa shape index (κ2) is 10.2. The van der Waals surface area contributed by atoms with Crippen LogP contribution in [0.15, 0.2) is 12.2 Å². The molecule has 0 aliphatic heterocycles. The van der Waals surface area contributed by atoms with Crippen molar-refractivity contribution in [3.8, 4) is 0 Å². The van der Waals surface area contributed by atoms with Crippen LogP contribution in [0.5, 0.6) is 0 Å². The van der Waals surface area contributed by atoms with Crippen molar-refractivity contribution in [2.45, 2.75) is 26.7 Å². The molecule has 0 spiro atoms. The SMILES string of the molecule is C=C(CC)CC.O=[PH](O)O[PH](=O)O. The zero-order chi connectivity index (χ0) is 10.9. The van der Waals surface area contributed by atoms with E-state index in [2.05, 4.69) is 24.7 Å². The first-order chi connectivity index (χ1) is 5.93. The average molecular weight is 230 g/mol. The van der Waals surface area contributed by atoms with Crippen molar-refractivity contribution >= 4 is 16.5 Å². The minimum atomic E-state index is -3.20. The number of hydrogen-bond donors (Lipinski definition) is 2. The average Bonchev–Trinajstić information content (AvgIpc) is 2.01. The zero-order valence-corrected chi connectivity index (χ0v) is 9.74. The minimum Gasteiger partial charge on any atom is -0.326 e. The lowest BCUT2D eigenvalue weighted by molar-refractivity contribution is 0.371. The summed E-state index contributed by atoms with van der Waals surface area (Å²) < 4.78 is 22.3. The van der Waals surface area contributed by atoms with E-state index in [0.717, 1.165) is 12.8 Å². The Morgan fingerprint density at radius 1 is 1.23 bits per heavy atom. The largest absolute Gasteiger partial charge is 0.326 e. The summed E-state index contributed by atoms with van der Waals surface area (Å²) in [5.41, 5.74) is 1.34. The molecule has 80 valence electrons. The predicted molar refractivity (Wildman–Crippen MR) is 53.2 cm³/mol. The van der Waals surface area contributed by atoms with Gasteiger partial charge in [-0.15, -0.1) is 0 Å². The standard InChI is InChI=1S/C6H12.H4O5P2/c1-4-6(3)5-2;1-6(2)5-7(3)4/h3-5H2,1-2H3;6-7H,(H,1,2)(H,3,4). The summed E-state index contributed by atoms with van der Waals surface area (Å²) >= 11 is 0. The van der Waals surface area contributed by atoms with Gasteiger partial charge in [0.05, 0.1) is 0 Å². The molecular formula is C6H16O5P2. The Kier molecular flexibility index (Phi) is 12.2. The van der Waals surface area contributed by atoms with Crippen LogP contribution in [0.2, 0.25) is 0 Å². The van der Waals surface area contributed by atoms with Gasteiger partial charge in [0.15, 0.2) is 0 Å². The van der Waals surface area contributed by atoms with E-state index in [9.17, 15) is 9.13 Å². The van der Waals surface area contributed by atoms with E-state index in [1.54, 1.807) is 0 Å². The molecule has 0 rings (SSSR count). The van der Waals surface area contributed by atoms with Crippen LogP contribution in [0.3, 0.4) is 0 Å². The fourth-order valence-electron chi connectivity index (χ4n) is 0.325. The molecule has 13 heavy (non-hydrogen) atoms. The van der Waals surface area contributed by atoms with Crippen LogP contribution in [0.25, 0.3) is 0 Å². The lowest BCUT2D eigenvalue weighted by atomic mass is 10.2. The summed E-state index contributed by atoms with van der Waals surface area (Å²) in [7, 11) is -6.40. The summed E-state index contributed by atoms with van der Waals surface area (Å²) in [4.78, 5) is 15.4. The van der Waals surface area contributed by atoms with Gasteiger partial charge in [-0.1, -0.05) is 26.0 Å². The topological polar surface area (TPSA) is 83.8 Å². The molecule has 0 radical (unpaired) electrons. The Morgan fingerprint density at radius 3 is 1.54 bits per heavy atom. The predicted octanol–water partition coefficient (Wildman–Crippen LogP) is 2.13. The molecule has 0 heterocycles. The highest BCUT2D eigenvalue weighted by Crippen LogP contribution is 2.30. The molecular weight excluding hydrogens is 214 g/mol. The van der Waals surface area contributed by atoms with Crippen molar-refractivity contribution < 1.29 is 23.2 Å². The molecule has 2 N–H and O–H groups in total. The molecule has 0 saturated carbocycles. The molecule has 0 aromatic carbocycles. The fourth-order valence-corrected chi connectivity index (χ4v) is 0.922. The maximum absolute atomic E-state index is 9.44. The van der Waals surface area contributed by atoms with Crippen LogP contribution in [0.1, 0.15) is 26.7 Å². The maximum atomic E-state index is 9.44. The minimum absolute atomic E-state index is 1.14. The first-order valence-electron chi connectivity index (χ1n) is 3.74. The Balaban J connectivity index is 0. The molecule has 0 aromatic heterocycles. The molecule has 0 fully saturated rings. The highest BCUT2D eigenvalue weighted by molar-refractivity contribution is 7.46. The van der Waals surface area contributed by atoms with Crippen LogP contribution >= 0.6 is 16.5 Å². The van der Waals surface area contributed by atoms with Crippen molar-refractivity contribution in [1.29, 1.82) is 0 Å². The van der Waals surface area contributed by atoms with Crippen LogP contribution in [0, 0.1) is 0 Å². The van der Waals surface area contributed by atoms with Crippen molar-refractivity contribution in [2.75, 3.05) is 0 Å². The third-order valence-electron chi connectivity index (χ3n) is 1.17. The van der Waals surface area contributed by atoms with E-state index in [1.807, 2.05) is 0 Å². The molecule has 2 unspecified atom stereocenters. The van der Waals surface area contributed by atoms with Gasteiger partial charge in [0.1, 0.15) is 0 Å². The van der Waals surface area contributed by atoms with Gasteiger partial charge in [-0.3, -0.25) is 9.13 Å². The van der Waals surface area contributed by atoms with Crippen LogP contribution in [-0.4, -0.2) is 9.79 Å². The van der Waals surface area contributed by atoms with Gasteiger partial charge in [0, 0.05) is 0 Å². The monoisotopic (exact) mass is 230 g/mol. The van der Waals surface area contributed by atoms with Crippen molar-refractivity contribution in [3.63, 3.8) is 0 Å². The van der Waals surface area contributed by atoms with Gasteiger partial charge in [0.25, 0.3) is 0 Å². The lowest BCUT2D eigenvalue weighted by Crippen LogP contribution is -1.68. The summed E-state index contributed by atoms with van der Waals surface area (Å²) in [6, 6.07) is 0. The number of allylic oxidation sites excluding steroid dienone is 1. The van der Waals surface area contributed by atoms with E-state index >= 15 is 0 Å². The Labute approximate surface area is 79.3 Å². The Bertz CT molecular complexity index is 173. The summed E-state index contributed by atoms with van der Waals surface area (Å²) in [5, 5.41) is 0. The smallest absolute Gasteiger partial charge is 0.323 e. The molecule has 0 aromatic rings. The molecule has 2 atom stereocenters. The van der Waals surface area contributed by atoms with Crippen molar-refractivity contribution in [2.24, 2.45) is 0 Å². The molecule has 7 heteroatoms. The molecule has 0 amide bonds. The van der Waals surface area contributed by atoms with Crippen molar-refractivity contribution in [1.82, 2.24) is 0 Å². The van der Waals surface area contributed by atoms with E-state index in [0.29, 0.717) is 0 Å². The molecule has 0 bridgehead atoms. The third-order valence-corrected chi connectivity index (χ3v) is 2.57. The maximum Gasteiger partial charge on any atom is 0.323 e. The second-order valence-electron chi connectivity index (χ2n) is 2.09. The summed E-state index contributed by atoms with van der Waals surface area (Å²) in [6.07, 6.45) is 2.27. The molecule has 0 saturated heterocycles. The van der Waals surface area contributed by atoms with Crippen molar-refractivity contribution in [3.05, 3.63) is 12.2 Å². The highest BCUT2D eigenvalue weighted by atomic mass is 31.2. The fraction of sp³-hybridized carbons (Fsp3) is 0.667. The van der Waals surface area contributed by atoms with Gasteiger partial charge >= 0.3 is 16.5 Å². The Morgan fingerprint density at radius 2 is 1.54 bits per heavy atom. The zero-order valence-electron chi connectivity index (χ0n) is 7.74. The quantitative estimate of drug-likeness (QED) is 0.570. The van der Waals surface area contributed by atoms with Crippen LogP contribution in [0.4, 0.5) is 0 Å². The highest BCUT2D eigenvalue weighted by Gasteiger charge is 1.93.